The molecule has 1 aromatic carbocycles. The molecule has 0 amide bonds. The number of hydrogen-bond donors (Lipinski definition) is 3. The molecule has 0 saturated heterocycles. The third-order valence-electron chi connectivity index (χ3n) is 3.12. The van der Waals surface area contributed by atoms with Gasteiger partial charge in [-0.05, 0) is 19.1 Å². The van der Waals surface area contributed by atoms with Gasteiger partial charge in [-0.25, -0.2) is 4.98 Å². The maximum absolute atomic E-state index is 9.27. The van der Waals surface area contributed by atoms with Gasteiger partial charge in [0.1, 0.15) is 17.5 Å². The number of aryl methyl sites for hydroxylation is 1. The Hall–Kier alpha value is -3.07. The van der Waals surface area contributed by atoms with Crippen LogP contribution < -0.4 is 11.5 Å². The van der Waals surface area contributed by atoms with Crippen molar-refractivity contribution in [2.75, 3.05) is 11.5 Å². The van der Waals surface area contributed by atoms with Crippen LogP contribution >= 0.6 is 0 Å². The van der Waals surface area contributed by atoms with Gasteiger partial charge in [0.05, 0.1) is 5.69 Å². The number of nitrogens with zero attached hydrogens (tertiary/aromatic N) is 3. The molecule has 6 nitrogen and oxygen atoms in total. The van der Waals surface area contributed by atoms with E-state index in [1.807, 2.05) is 37.3 Å². The number of H-pyrrole nitrogens is 1. The summed E-state index contributed by atoms with van der Waals surface area (Å²) in [4.78, 5) is 11.3. The third kappa shape index (κ3) is 1.73. The Morgan fingerprint density at radius 3 is 2.80 bits per heavy atom. The number of rotatable bonds is 1. The first-order chi connectivity index (χ1) is 9.60. The molecule has 6 heteroatoms. The zero-order chi connectivity index (χ0) is 14.3. The summed E-state index contributed by atoms with van der Waals surface area (Å²) in [6.07, 6.45) is 0. The average Bonchev–Trinajstić information content (AvgIpc) is 2.77. The van der Waals surface area contributed by atoms with E-state index in [4.69, 9.17) is 11.5 Å². The van der Waals surface area contributed by atoms with E-state index < -0.39 is 0 Å². The maximum Gasteiger partial charge on any atom is 0.222 e. The number of fused-ring (bicyclic) bond motifs is 1. The minimum atomic E-state index is 0.0563. The van der Waals surface area contributed by atoms with Gasteiger partial charge < -0.3 is 16.5 Å². The van der Waals surface area contributed by atoms with E-state index in [0.29, 0.717) is 5.69 Å². The molecule has 20 heavy (non-hydrogen) atoms. The predicted octanol–water partition coefficient (Wildman–Crippen LogP) is 1.97. The Morgan fingerprint density at radius 2 is 2.05 bits per heavy atom. The van der Waals surface area contributed by atoms with Crippen molar-refractivity contribution in [3.8, 4) is 17.3 Å². The minimum Gasteiger partial charge on any atom is -0.382 e. The molecule has 0 saturated carbocycles. The second kappa shape index (κ2) is 4.24. The quantitative estimate of drug-likeness (QED) is 0.621. The molecule has 2 aromatic heterocycles. The lowest BCUT2D eigenvalue weighted by Crippen LogP contribution is -2.05. The lowest BCUT2D eigenvalue weighted by Gasteiger charge is -2.07. The van der Waals surface area contributed by atoms with Crippen LogP contribution in [-0.2, 0) is 0 Å². The van der Waals surface area contributed by atoms with Crippen molar-refractivity contribution in [3.05, 3.63) is 35.5 Å². The SMILES string of the molecule is Cc1cc2c(-c3nc(N)nc(N)c3C#N)cccc2[nH]1. The smallest absolute Gasteiger partial charge is 0.222 e. The Balaban J connectivity index is 2.39. The first-order valence-electron chi connectivity index (χ1n) is 6.02. The van der Waals surface area contributed by atoms with Crippen LogP contribution in [0.3, 0.4) is 0 Å². The molecule has 0 radical (unpaired) electrons. The highest BCUT2D eigenvalue weighted by atomic mass is 15.0. The van der Waals surface area contributed by atoms with E-state index >= 15 is 0 Å². The number of hydrogen-bond acceptors (Lipinski definition) is 5. The van der Waals surface area contributed by atoms with Gasteiger partial charge >= 0.3 is 0 Å². The van der Waals surface area contributed by atoms with Gasteiger partial charge in [0.25, 0.3) is 0 Å². The highest BCUT2D eigenvalue weighted by Gasteiger charge is 2.15. The highest BCUT2D eigenvalue weighted by molar-refractivity contribution is 5.96. The Kier molecular flexibility index (Phi) is 2.54. The zero-order valence-electron chi connectivity index (χ0n) is 10.8. The van der Waals surface area contributed by atoms with Crippen LogP contribution in [-0.4, -0.2) is 15.0 Å². The summed E-state index contributed by atoms with van der Waals surface area (Å²) in [5.74, 6) is 0.153. The predicted molar refractivity (Wildman–Crippen MR) is 77.6 cm³/mol. The Bertz CT molecular complexity index is 856. The monoisotopic (exact) mass is 264 g/mol. The molecule has 0 aliphatic heterocycles. The van der Waals surface area contributed by atoms with E-state index in [-0.39, 0.29) is 17.3 Å². The lowest BCUT2D eigenvalue weighted by molar-refractivity contribution is 1.18. The fraction of sp³-hybridized carbons (Fsp3) is 0.0714. The number of nitriles is 1. The molecule has 3 aromatic rings. The highest BCUT2D eigenvalue weighted by Crippen LogP contribution is 2.31. The first-order valence-corrected chi connectivity index (χ1v) is 6.02. The summed E-state index contributed by atoms with van der Waals surface area (Å²) in [5, 5.41) is 10.2. The van der Waals surface area contributed by atoms with Crippen molar-refractivity contribution in [2.24, 2.45) is 0 Å². The summed E-state index contributed by atoms with van der Waals surface area (Å²) in [6, 6.07) is 9.79. The Labute approximate surface area is 115 Å². The van der Waals surface area contributed by atoms with Crippen LogP contribution in [0.15, 0.2) is 24.3 Å². The fourth-order valence-electron chi connectivity index (χ4n) is 2.30. The van der Waals surface area contributed by atoms with Gasteiger partial charge in [-0.3, -0.25) is 0 Å². The van der Waals surface area contributed by atoms with Crippen molar-refractivity contribution in [1.29, 1.82) is 5.26 Å². The molecular weight excluding hydrogens is 252 g/mol. The number of aromatic amines is 1. The Morgan fingerprint density at radius 1 is 1.25 bits per heavy atom. The molecular formula is C14H12N6. The normalized spacial score (nSPS) is 10.6. The number of nitrogens with two attached hydrogens (primary N) is 2. The molecule has 2 heterocycles. The van der Waals surface area contributed by atoms with Crippen molar-refractivity contribution in [3.63, 3.8) is 0 Å². The van der Waals surface area contributed by atoms with Gasteiger partial charge in [0.15, 0.2) is 0 Å². The second-order valence-corrected chi connectivity index (χ2v) is 4.52. The maximum atomic E-state index is 9.27. The van der Waals surface area contributed by atoms with Crippen LogP contribution in [0.1, 0.15) is 11.3 Å². The molecule has 0 spiro atoms. The molecule has 98 valence electrons. The van der Waals surface area contributed by atoms with E-state index in [1.54, 1.807) is 0 Å². The van der Waals surface area contributed by atoms with E-state index in [2.05, 4.69) is 15.0 Å². The molecule has 0 unspecified atom stereocenters. The molecule has 0 bridgehead atoms. The van der Waals surface area contributed by atoms with Crippen molar-refractivity contribution in [2.45, 2.75) is 6.92 Å². The van der Waals surface area contributed by atoms with Crippen LogP contribution in [0.25, 0.3) is 22.2 Å². The minimum absolute atomic E-state index is 0.0563. The number of nitrogens with one attached hydrogen (secondary N) is 1. The zero-order valence-corrected chi connectivity index (χ0v) is 10.8. The number of benzene rings is 1. The first kappa shape index (κ1) is 12.0. The van der Waals surface area contributed by atoms with Crippen LogP contribution in [0, 0.1) is 18.3 Å². The lowest BCUT2D eigenvalue weighted by atomic mass is 10.0. The topological polar surface area (TPSA) is 117 Å². The summed E-state index contributed by atoms with van der Waals surface area (Å²) < 4.78 is 0. The summed E-state index contributed by atoms with van der Waals surface area (Å²) >= 11 is 0. The van der Waals surface area contributed by atoms with Gasteiger partial charge in [0.2, 0.25) is 5.95 Å². The molecule has 5 N–H and O–H groups in total. The molecule has 3 rings (SSSR count). The van der Waals surface area contributed by atoms with E-state index in [0.717, 1.165) is 22.2 Å². The second-order valence-electron chi connectivity index (χ2n) is 4.52. The van der Waals surface area contributed by atoms with Crippen LogP contribution in [0.5, 0.6) is 0 Å². The van der Waals surface area contributed by atoms with Crippen LogP contribution in [0.2, 0.25) is 0 Å². The standard InChI is InChI=1S/C14H12N6/c1-7-5-9-8(3-2-4-11(9)18-7)12-10(6-15)13(16)20-14(17)19-12/h2-5,18H,1H3,(H4,16,17,19,20). The van der Waals surface area contributed by atoms with Crippen molar-refractivity contribution < 1.29 is 0 Å². The van der Waals surface area contributed by atoms with Crippen molar-refractivity contribution in [1.82, 2.24) is 15.0 Å². The summed E-state index contributed by atoms with van der Waals surface area (Å²) in [5.41, 5.74) is 14.9. The average molecular weight is 264 g/mol. The van der Waals surface area contributed by atoms with Gasteiger partial charge in [-0.15, -0.1) is 0 Å². The van der Waals surface area contributed by atoms with Gasteiger partial charge in [-0.1, -0.05) is 12.1 Å². The molecule has 0 aliphatic carbocycles. The third-order valence-corrected chi connectivity index (χ3v) is 3.12. The van der Waals surface area contributed by atoms with Gasteiger partial charge in [-0.2, -0.15) is 10.2 Å². The van der Waals surface area contributed by atoms with E-state index in [9.17, 15) is 5.26 Å². The molecule has 0 atom stereocenters. The number of anilines is 2. The number of nitrogen functional groups attached to an aromatic ring is 2. The van der Waals surface area contributed by atoms with Crippen molar-refractivity contribution >= 4 is 22.7 Å². The summed E-state index contributed by atoms with van der Waals surface area (Å²) in [6.45, 7) is 1.97. The fourth-order valence-corrected chi connectivity index (χ4v) is 2.30. The molecule has 0 aliphatic rings. The summed E-state index contributed by atoms with van der Waals surface area (Å²) in [7, 11) is 0. The molecule has 0 fully saturated rings. The largest absolute Gasteiger partial charge is 0.382 e. The van der Waals surface area contributed by atoms with Crippen LogP contribution in [0.4, 0.5) is 11.8 Å². The van der Waals surface area contributed by atoms with E-state index in [1.165, 1.54) is 0 Å². The number of aromatic nitrogens is 3. The van der Waals surface area contributed by atoms with Gasteiger partial charge in [0, 0.05) is 22.2 Å².